The molecule has 0 aliphatic carbocycles. The Morgan fingerprint density at radius 2 is 1.71 bits per heavy atom. The van der Waals surface area contributed by atoms with E-state index in [9.17, 15) is 0 Å². The number of hydrogen-bond acceptors (Lipinski definition) is 3. The van der Waals surface area contributed by atoms with Crippen LogP contribution in [0, 0.1) is 0 Å². The molecule has 21 heavy (non-hydrogen) atoms. The van der Waals surface area contributed by atoms with E-state index in [4.69, 9.17) is 4.74 Å². The van der Waals surface area contributed by atoms with Crippen LogP contribution in [0.5, 0.6) is 0 Å². The molecule has 3 heteroatoms. The first-order chi connectivity index (χ1) is 10.4. The minimum absolute atomic E-state index is 0.553. The van der Waals surface area contributed by atoms with E-state index in [0.29, 0.717) is 13.2 Å². The van der Waals surface area contributed by atoms with Gasteiger partial charge in [0.1, 0.15) is 0 Å². The van der Waals surface area contributed by atoms with Crippen LogP contribution in [0.4, 0.5) is 0 Å². The zero-order valence-corrected chi connectivity index (χ0v) is 11.7. The molecular formula is C18H16N2O. The summed E-state index contributed by atoms with van der Waals surface area (Å²) in [4.78, 5) is 8.70. The van der Waals surface area contributed by atoms with Crippen molar-refractivity contribution in [2.45, 2.75) is 6.61 Å². The molecule has 0 aliphatic rings. The fourth-order valence-corrected chi connectivity index (χ4v) is 2.39. The average Bonchev–Trinajstić information content (AvgIpc) is 2.55. The van der Waals surface area contributed by atoms with Crippen molar-refractivity contribution in [2.75, 3.05) is 6.61 Å². The lowest BCUT2D eigenvalue weighted by molar-refractivity contribution is 0.150. The summed E-state index contributed by atoms with van der Waals surface area (Å²) >= 11 is 0. The van der Waals surface area contributed by atoms with Gasteiger partial charge in [0.15, 0.2) is 5.82 Å². The Morgan fingerprint density at radius 1 is 0.952 bits per heavy atom. The lowest BCUT2D eigenvalue weighted by Crippen LogP contribution is -1.95. The van der Waals surface area contributed by atoms with Crippen LogP contribution in [0.2, 0.25) is 0 Å². The SMILES string of the molecule is C=CCOCc1cccc2c(-c3ncccn3)cccc12. The van der Waals surface area contributed by atoms with E-state index in [0.717, 1.165) is 22.3 Å². The number of benzene rings is 2. The van der Waals surface area contributed by atoms with Gasteiger partial charge in [0.05, 0.1) is 13.2 Å². The van der Waals surface area contributed by atoms with E-state index in [1.807, 2.05) is 24.3 Å². The molecule has 0 spiro atoms. The number of nitrogens with zero attached hydrogens (tertiary/aromatic N) is 2. The lowest BCUT2D eigenvalue weighted by atomic mass is 10.00. The van der Waals surface area contributed by atoms with Crippen LogP contribution in [0.25, 0.3) is 22.2 Å². The summed E-state index contributed by atoms with van der Waals surface area (Å²) in [6.45, 7) is 4.79. The number of hydrogen-bond donors (Lipinski definition) is 0. The number of fused-ring (bicyclic) bond motifs is 1. The Morgan fingerprint density at radius 3 is 2.52 bits per heavy atom. The van der Waals surface area contributed by atoms with E-state index in [-0.39, 0.29) is 0 Å². The van der Waals surface area contributed by atoms with Crippen LogP contribution in [-0.2, 0) is 11.3 Å². The zero-order chi connectivity index (χ0) is 14.5. The van der Waals surface area contributed by atoms with Gasteiger partial charge in [-0.05, 0) is 22.4 Å². The molecule has 0 radical (unpaired) electrons. The Labute approximate surface area is 123 Å². The molecule has 0 bridgehead atoms. The monoisotopic (exact) mass is 276 g/mol. The molecule has 104 valence electrons. The minimum Gasteiger partial charge on any atom is -0.373 e. The second kappa shape index (κ2) is 6.29. The first-order valence-electron chi connectivity index (χ1n) is 6.87. The average molecular weight is 276 g/mol. The summed E-state index contributed by atoms with van der Waals surface area (Å²) in [5.41, 5.74) is 2.20. The van der Waals surface area contributed by atoms with E-state index in [2.05, 4.69) is 34.7 Å². The second-order valence-electron chi connectivity index (χ2n) is 4.69. The highest BCUT2D eigenvalue weighted by Crippen LogP contribution is 2.28. The highest BCUT2D eigenvalue weighted by molar-refractivity contribution is 5.96. The van der Waals surface area contributed by atoms with Crippen LogP contribution in [0.1, 0.15) is 5.56 Å². The lowest BCUT2D eigenvalue weighted by Gasteiger charge is -2.10. The topological polar surface area (TPSA) is 35.0 Å². The fourth-order valence-electron chi connectivity index (χ4n) is 2.39. The number of ether oxygens (including phenoxy) is 1. The zero-order valence-electron chi connectivity index (χ0n) is 11.7. The second-order valence-corrected chi connectivity index (χ2v) is 4.69. The van der Waals surface area contributed by atoms with Crippen LogP contribution in [0.3, 0.4) is 0 Å². The molecule has 0 aliphatic heterocycles. The molecule has 0 N–H and O–H groups in total. The first-order valence-corrected chi connectivity index (χ1v) is 6.87. The van der Waals surface area contributed by atoms with Crippen LogP contribution in [0.15, 0.2) is 67.5 Å². The largest absolute Gasteiger partial charge is 0.373 e. The molecule has 3 nitrogen and oxygen atoms in total. The molecule has 3 rings (SSSR count). The Kier molecular flexibility index (Phi) is 4.03. The summed E-state index contributed by atoms with van der Waals surface area (Å²) in [7, 11) is 0. The van der Waals surface area contributed by atoms with Gasteiger partial charge in [-0.1, -0.05) is 42.5 Å². The molecule has 1 aromatic heterocycles. The molecular weight excluding hydrogens is 260 g/mol. The van der Waals surface area contributed by atoms with Crippen molar-refractivity contribution in [3.8, 4) is 11.4 Å². The fraction of sp³-hybridized carbons (Fsp3) is 0.111. The molecule has 0 fully saturated rings. The smallest absolute Gasteiger partial charge is 0.159 e. The summed E-state index contributed by atoms with van der Waals surface area (Å²) in [5.74, 6) is 0.743. The van der Waals surface area contributed by atoms with E-state index >= 15 is 0 Å². The van der Waals surface area contributed by atoms with Crippen LogP contribution in [-0.4, -0.2) is 16.6 Å². The third-order valence-corrected chi connectivity index (χ3v) is 3.31. The molecule has 2 aromatic carbocycles. The molecule has 3 aromatic rings. The summed E-state index contributed by atoms with van der Waals surface area (Å²) < 4.78 is 5.57. The molecule has 0 atom stereocenters. The quantitative estimate of drug-likeness (QED) is 0.522. The maximum absolute atomic E-state index is 5.57. The Bertz CT molecular complexity index is 754. The molecule has 0 unspecified atom stereocenters. The van der Waals surface area contributed by atoms with Gasteiger partial charge in [-0.25, -0.2) is 9.97 Å². The molecule has 1 heterocycles. The highest BCUT2D eigenvalue weighted by atomic mass is 16.5. The van der Waals surface area contributed by atoms with Crippen LogP contribution < -0.4 is 0 Å². The van der Waals surface area contributed by atoms with Gasteiger partial charge in [-0.2, -0.15) is 0 Å². The minimum atomic E-state index is 0.553. The Hall–Kier alpha value is -2.52. The van der Waals surface area contributed by atoms with Gasteiger partial charge in [-0.15, -0.1) is 6.58 Å². The number of aromatic nitrogens is 2. The van der Waals surface area contributed by atoms with Gasteiger partial charge in [0.2, 0.25) is 0 Å². The van der Waals surface area contributed by atoms with Crippen molar-refractivity contribution >= 4 is 10.8 Å². The van der Waals surface area contributed by atoms with Gasteiger partial charge in [0, 0.05) is 18.0 Å². The standard InChI is InChI=1S/C18H16N2O/c1-2-12-21-13-14-6-3-8-16-15(14)7-4-9-17(16)18-19-10-5-11-20-18/h2-11H,1,12-13H2. The summed E-state index contributed by atoms with van der Waals surface area (Å²) in [6, 6.07) is 14.2. The van der Waals surface area contributed by atoms with Crippen molar-refractivity contribution in [2.24, 2.45) is 0 Å². The van der Waals surface area contributed by atoms with Crippen LogP contribution >= 0.6 is 0 Å². The molecule has 0 saturated carbocycles. The Balaban J connectivity index is 2.08. The highest BCUT2D eigenvalue weighted by Gasteiger charge is 2.08. The normalized spacial score (nSPS) is 10.7. The van der Waals surface area contributed by atoms with Crippen molar-refractivity contribution in [1.82, 2.24) is 9.97 Å². The maximum atomic E-state index is 5.57. The van der Waals surface area contributed by atoms with Crippen molar-refractivity contribution < 1.29 is 4.74 Å². The van der Waals surface area contributed by atoms with Gasteiger partial charge in [0.25, 0.3) is 0 Å². The van der Waals surface area contributed by atoms with E-state index in [1.54, 1.807) is 18.5 Å². The predicted molar refractivity (Wildman–Crippen MR) is 84.8 cm³/mol. The van der Waals surface area contributed by atoms with E-state index in [1.165, 1.54) is 5.39 Å². The first kappa shape index (κ1) is 13.5. The maximum Gasteiger partial charge on any atom is 0.159 e. The van der Waals surface area contributed by atoms with E-state index < -0.39 is 0 Å². The van der Waals surface area contributed by atoms with Crippen molar-refractivity contribution in [1.29, 1.82) is 0 Å². The van der Waals surface area contributed by atoms with Gasteiger partial charge in [-0.3, -0.25) is 0 Å². The third kappa shape index (κ3) is 2.83. The summed E-state index contributed by atoms with van der Waals surface area (Å²) in [5, 5.41) is 2.31. The van der Waals surface area contributed by atoms with Gasteiger partial charge < -0.3 is 4.74 Å². The number of rotatable bonds is 5. The van der Waals surface area contributed by atoms with Crippen molar-refractivity contribution in [3.63, 3.8) is 0 Å². The van der Waals surface area contributed by atoms with Crippen molar-refractivity contribution in [3.05, 3.63) is 73.1 Å². The summed E-state index contributed by atoms with van der Waals surface area (Å²) in [6.07, 6.45) is 5.28. The predicted octanol–water partition coefficient (Wildman–Crippen LogP) is 4.00. The molecule has 0 amide bonds. The molecule has 0 saturated heterocycles. The third-order valence-electron chi connectivity index (χ3n) is 3.31. The van der Waals surface area contributed by atoms with Gasteiger partial charge >= 0.3 is 0 Å².